The second-order valence-corrected chi connectivity index (χ2v) is 5.95. The molecule has 0 bridgehead atoms. The molecule has 0 spiro atoms. The summed E-state index contributed by atoms with van der Waals surface area (Å²) in [7, 11) is 1.29. The van der Waals surface area contributed by atoms with E-state index in [9.17, 15) is 9.90 Å². The molecule has 26 heavy (non-hydrogen) atoms. The topological polar surface area (TPSA) is 85.1 Å². The van der Waals surface area contributed by atoms with Crippen LogP contribution in [0.2, 0.25) is 5.02 Å². The molecule has 0 aliphatic rings. The first-order chi connectivity index (χ1) is 12.5. The predicted molar refractivity (Wildman–Crippen MR) is 97.7 cm³/mol. The Morgan fingerprint density at radius 3 is 2.88 bits per heavy atom. The number of benzene rings is 1. The van der Waals surface area contributed by atoms with Crippen molar-refractivity contribution in [1.82, 2.24) is 9.38 Å². The fourth-order valence-electron chi connectivity index (χ4n) is 2.64. The summed E-state index contributed by atoms with van der Waals surface area (Å²) >= 11 is 6.27. The van der Waals surface area contributed by atoms with Gasteiger partial charge >= 0.3 is 6.09 Å². The van der Waals surface area contributed by atoms with Crippen molar-refractivity contribution in [1.29, 1.82) is 0 Å². The van der Waals surface area contributed by atoms with E-state index in [-0.39, 0.29) is 13.2 Å². The molecule has 0 radical (unpaired) electrons. The van der Waals surface area contributed by atoms with Crippen LogP contribution in [0.3, 0.4) is 0 Å². The number of aliphatic hydroxyl groups is 1. The van der Waals surface area contributed by atoms with Crippen molar-refractivity contribution in [2.45, 2.75) is 20.1 Å². The lowest BCUT2D eigenvalue weighted by molar-refractivity contribution is 0.187. The third-order valence-corrected chi connectivity index (χ3v) is 4.33. The molecule has 8 heteroatoms. The summed E-state index contributed by atoms with van der Waals surface area (Å²) < 4.78 is 12.3. The van der Waals surface area contributed by atoms with E-state index in [1.165, 1.54) is 7.11 Å². The number of aliphatic hydroxyl groups excluding tert-OH is 1. The van der Waals surface area contributed by atoms with Crippen molar-refractivity contribution in [3.05, 3.63) is 58.5 Å². The number of rotatable bonds is 5. The summed E-state index contributed by atoms with van der Waals surface area (Å²) in [6.07, 6.45) is 1.22. The van der Waals surface area contributed by atoms with E-state index in [1.54, 1.807) is 28.7 Å². The van der Waals surface area contributed by atoms with Crippen LogP contribution in [0.15, 0.2) is 36.5 Å². The van der Waals surface area contributed by atoms with Gasteiger partial charge in [-0.1, -0.05) is 17.7 Å². The summed E-state index contributed by atoms with van der Waals surface area (Å²) in [6, 6.07) is 8.75. The molecule has 3 aromatic rings. The van der Waals surface area contributed by atoms with Gasteiger partial charge in [0.15, 0.2) is 11.4 Å². The molecule has 2 N–H and O–H groups in total. The molecule has 1 aromatic carbocycles. The largest absolute Gasteiger partial charge is 0.485 e. The van der Waals surface area contributed by atoms with Crippen LogP contribution in [-0.4, -0.2) is 27.7 Å². The number of aryl methyl sites for hydroxylation is 1. The first-order valence-corrected chi connectivity index (χ1v) is 8.25. The van der Waals surface area contributed by atoms with Gasteiger partial charge in [0.05, 0.1) is 30.8 Å². The molecule has 0 saturated carbocycles. The molecular weight excluding hydrogens is 358 g/mol. The lowest BCUT2D eigenvalue weighted by atomic mass is 10.2. The maximum atomic E-state index is 11.5. The number of halogens is 1. The molecule has 2 aromatic heterocycles. The molecule has 0 unspecified atom stereocenters. The number of nitrogens with zero attached hydrogens (tertiary/aromatic N) is 2. The predicted octanol–water partition coefficient (Wildman–Crippen LogP) is 3.55. The smallest absolute Gasteiger partial charge is 0.411 e. The summed E-state index contributed by atoms with van der Waals surface area (Å²) in [5, 5.41) is 12.6. The Kier molecular flexibility index (Phi) is 5.29. The minimum absolute atomic E-state index is 0.117. The molecule has 2 heterocycles. The van der Waals surface area contributed by atoms with E-state index in [0.717, 1.165) is 5.69 Å². The second kappa shape index (κ2) is 7.63. The third-order valence-electron chi connectivity index (χ3n) is 3.98. The van der Waals surface area contributed by atoms with Gasteiger partial charge in [0.2, 0.25) is 0 Å². The lowest BCUT2D eigenvalue weighted by Crippen LogP contribution is -2.13. The van der Waals surface area contributed by atoms with E-state index in [2.05, 4.69) is 15.0 Å². The summed E-state index contributed by atoms with van der Waals surface area (Å²) in [5.41, 5.74) is 3.16. The Bertz CT molecular complexity index is 955. The number of imidazole rings is 1. The molecule has 3 rings (SSSR count). The third kappa shape index (κ3) is 3.44. The summed E-state index contributed by atoms with van der Waals surface area (Å²) in [5.74, 6) is 0.541. The zero-order chi connectivity index (χ0) is 18.7. The highest BCUT2D eigenvalue weighted by Crippen LogP contribution is 2.28. The Morgan fingerprint density at radius 1 is 1.35 bits per heavy atom. The van der Waals surface area contributed by atoms with Crippen LogP contribution in [0, 0.1) is 6.92 Å². The number of amides is 1. The number of aromatic nitrogens is 2. The SMILES string of the molecule is COC(=O)Nc1cccc(Cl)c1COc1cccn2c(CO)c(C)nc12. The number of anilines is 1. The molecule has 0 aliphatic heterocycles. The monoisotopic (exact) mass is 375 g/mol. The fraction of sp³-hybridized carbons (Fsp3) is 0.222. The average Bonchev–Trinajstić information content (AvgIpc) is 2.96. The highest BCUT2D eigenvalue weighted by Gasteiger charge is 2.14. The quantitative estimate of drug-likeness (QED) is 0.712. The number of hydrogen-bond acceptors (Lipinski definition) is 5. The zero-order valence-corrected chi connectivity index (χ0v) is 15.1. The maximum absolute atomic E-state index is 11.5. The van der Waals surface area contributed by atoms with Crippen LogP contribution in [-0.2, 0) is 18.0 Å². The molecule has 136 valence electrons. The van der Waals surface area contributed by atoms with Gasteiger partial charge in [-0.2, -0.15) is 0 Å². The van der Waals surface area contributed by atoms with E-state index >= 15 is 0 Å². The number of ether oxygens (including phenoxy) is 2. The number of hydrogen-bond donors (Lipinski definition) is 2. The normalized spacial score (nSPS) is 10.8. The van der Waals surface area contributed by atoms with Crippen molar-refractivity contribution >= 4 is 29.0 Å². The van der Waals surface area contributed by atoms with Gasteiger partial charge < -0.3 is 14.6 Å². The zero-order valence-electron chi connectivity index (χ0n) is 14.3. The van der Waals surface area contributed by atoms with Crippen LogP contribution in [0.5, 0.6) is 5.75 Å². The van der Waals surface area contributed by atoms with Crippen molar-refractivity contribution in [3.63, 3.8) is 0 Å². The van der Waals surface area contributed by atoms with E-state index in [4.69, 9.17) is 16.3 Å². The molecule has 0 aliphatic carbocycles. The van der Waals surface area contributed by atoms with Gasteiger partial charge in [0.25, 0.3) is 0 Å². The molecule has 0 fully saturated rings. The summed E-state index contributed by atoms with van der Waals surface area (Å²) in [6.45, 7) is 1.84. The Hall–Kier alpha value is -2.77. The first-order valence-electron chi connectivity index (χ1n) is 7.87. The lowest BCUT2D eigenvalue weighted by Gasteiger charge is -2.13. The van der Waals surface area contributed by atoms with E-state index in [1.807, 2.05) is 19.2 Å². The van der Waals surface area contributed by atoms with E-state index < -0.39 is 6.09 Å². The highest BCUT2D eigenvalue weighted by molar-refractivity contribution is 6.31. The minimum Gasteiger partial charge on any atom is -0.485 e. The van der Waals surface area contributed by atoms with Gasteiger partial charge in [-0.15, -0.1) is 0 Å². The number of pyridine rings is 1. The molecule has 7 nitrogen and oxygen atoms in total. The van der Waals surface area contributed by atoms with Crippen LogP contribution < -0.4 is 10.1 Å². The highest BCUT2D eigenvalue weighted by atomic mass is 35.5. The molecule has 0 atom stereocenters. The van der Waals surface area contributed by atoms with Gasteiger partial charge in [-0.05, 0) is 31.2 Å². The van der Waals surface area contributed by atoms with Gasteiger partial charge in [0, 0.05) is 16.8 Å². The summed E-state index contributed by atoms with van der Waals surface area (Å²) in [4.78, 5) is 16.0. The molecule has 0 saturated heterocycles. The number of fused-ring (bicyclic) bond motifs is 1. The maximum Gasteiger partial charge on any atom is 0.411 e. The Balaban J connectivity index is 1.90. The number of methoxy groups -OCH3 is 1. The molecular formula is C18H18ClN3O4. The number of carbonyl (C=O) groups is 1. The Morgan fingerprint density at radius 2 is 2.15 bits per heavy atom. The van der Waals surface area contributed by atoms with Crippen LogP contribution in [0.25, 0.3) is 5.65 Å². The molecule has 1 amide bonds. The van der Waals surface area contributed by atoms with Crippen molar-refractivity contribution in [2.24, 2.45) is 0 Å². The van der Waals surface area contributed by atoms with Crippen LogP contribution in [0.1, 0.15) is 17.0 Å². The Labute approximate surface area is 155 Å². The second-order valence-electron chi connectivity index (χ2n) is 5.54. The number of carbonyl (C=O) groups excluding carboxylic acids is 1. The van der Waals surface area contributed by atoms with Crippen molar-refractivity contribution in [3.8, 4) is 5.75 Å². The van der Waals surface area contributed by atoms with Crippen molar-refractivity contribution in [2.75, 3.05) is 12.4 Å². The number of nitrogens with one attached hydrogen (secondary N) is 1. The van der Waals surface area contributed by atoms with Crippen LogP contribution in [0.4, 0.5) is 10.5 Å². The minimum atomic E-state index is -0.591. The van der Waals surface area contributed by atoms with E-state index in [0.29, 0.717) is 33.4 Å². The van der Waals surface area contributed by atoms with Crippen LogP contribution >= 0.6 is 11.6 Å². The van der Waals surface area contributed by atoms with Crippen molar-refractivity contribution < 1.29 is 19.4 Å². The first kappa shape index (κ1) is 18.0. The standard InChI is InChI=1S/C18H18ClN3O4/c1-11-15(9-23)22-8-4-7-16(17(22)20-11)26-10-12-13(19)5-3-6-14(12)21-18(24)25-2/h3-8,23H,9-10H2,1-2H3,(H,21,24). The average molecular weight is 376 g/mol. The van der Waals surface area contributed by atoms with Gasteiger partial charge in [-0.25, -0.2) is 9.78 Å². The van der Waals surface area contributed by atoms with Gasteiger partial charge in [-0.3, -0.25) is 9.72 Å². The van der Waals surface area contributed by atoms with Gasteiger partial charge in [0.1, 0.15) is 6.61 Å². The fourth-order valence-corrected chi connectivity index (χ4v) is 2.87.